The summed E-state index contributed by atoms with van der Waals surface area (Å²) >= 11 is 11.4. The fourth-order valence-electron chi connectivity index (χ4n) is 0.773. The van der Waals surface area contributed by atoms with Crippen molar-refractivity contribution >= 4 is 40.1 Å². The second kappa shape index (κ2) is 4.80. The Morgan fingerprint density at radius 3 is 2.38 bits per heavy atom. The van der Waals surface area contributed by atoms with Crippen molar-refractivity contribution in [2.75, 3.05) is 6.26 Å². The van der Waals surface area contributed by atoms with Gasteiger partial charge >= 0.3 is 0 Å². The van der Waals surface area contributed by atoms with Gasteiger partial charge in [0.25, 0.3) is 0 Å². The van der Waals surface area contributed by atoms with Crippen LogP contribution < -0.4 is 0 Å². The van der Waals surface area contributed by atoms with Crippen LogP contribution in [0.2, 0.25) is 5.02 Å². The smallest absolute Gasteiger partial charge is 0.105 e. The minimum Gasteiger partial charge on any atom is -0.254 e. The molecule has 0 radical (unpaired) electrons. The Morgan fingerprint density at radius 1 is 1.38 bits per heavy atom. The molecular weight excluding hydrogens is 227 g/mol. The summed E-state index contributed by atoms with van der Waals surface area (Å²) in [7, 11) is -1.12. The van der Waals surface area contributed by atoms with Crippen LogP contribution in [0.15, 0.2) is 28.6 Å². The normalized spacial score (nSPS) is 14.2. The highest BCUT2D eigenvalue weighted by atomic mass is 35.5. The zero-order valence-electron chi connectivity index (χ0n) is 6.96. The van der Waals surface area contributed by atoms with Gasteiger partial charge < -0.3 is 0 Å². The second-order valence-electron chi connectivity index (χ2n) is 2.45. The molecule has 0 aromatic heterocycles. The van der Waals surface area contributed by atoms with Gasteiger partial charge in [0, 0.05) is 11.3 Å². The van der Waals surface area contributed by atoms with Crippen molar-refractivity contribution in [2.45, 2.75) is 0 Å². The van der Waals surface area contributed by atoms with Gasteiger partial charge in [0.05, 0.1) is 10.8 Å². The van der Waals surface area contributed by atoms with Gasteiger partial charge in [-0.1, -0.05) is 35.3 Å². The zero-order valence-corrected chi connectivity index (χ0v) is 9.29. The highest BCUT2D eigenvalue weighted by molar-refractivity contribution is 7.90. The Bertz CT molecular complexity index is 343. The van der Waals surface area contributed by atoms with E-state index in [1.807, 2.05) is 12.1 Å². The molecule has 1 aromatic carbocycles. The van der Waals surface area contributed by atoms with E-state index < -0.39 is 10.8 Å². The van der Waals surface area contributed by atoms with E-state index in [2.05, 4.69) is 0 Å². The first-order chi connectivity index (χ1) is 6.09. The topological polar surface area (TPSA) is 17.1 Å². The molecule has 1 nitrogen and oxygen atoms in total. The van der Waals surface area contributed by atoms with Gasteiger partial charge in [-0.2, -0.15) is 0 Å². The lowest BCUT2D eigenvalue weighted by Crippen LogP contribution is -1.83. The van der Waals surface area contributed by atoms with Crippen LogP contribution >= 0.6 is 23.2 Å². The molecule has 0 saturated heterocycles. The Balaban J connectivity index is 2.92. The van der Waals surface area contributed by atoms with Gasteiger partial charge in [-0.25, -0.2) is 0 Å². The lowest BCUT2D eigenvalue weighted by molar-refractivity contribution is 0.691. The molecule has 0 saturated carbocycles. The number of halogens is 2. The van der Waals surface area contributed by atoms with Crippen LogP contribution in [0.3, 0.4) is 0 Å². The first kappa shape index (κ1) is 10.8. The maximum atomic E-state index is 10.9. The molecule has 1 unspecified atom stereocenters. The molecule has 13 heavy (non-hydrogen) atoms. The molecule has 0 bridgehead atoms. The fraction of sp³-hybridized carbons (Fsp3) is 0.111. The van der Waals surface area contributed by atoms with Crippen LogP contribution in [0.25, 0.3) is 6.08 Å². The molecule has 0 aliphatic carbocycles. The third-order valence-electron chi connectivity index (χ3n) is 1.42. The number of hydrogen-bond acceptors (Lipinski definition) is 1. The van der Waals surface area contributed by atoms with E-state index in [1.165, 1.54) is 6.26 Å². The predicted octanol–water partition coefficient (Wildman–Crippen LogP) is 3.26. The largest absolute Gasteiger partial charge is 0.254 e. The third kappa shape index (κ3) is 3.51. The van der Waals surface area contributed by atoms with Gasteiger partial charge in [0.1, 0.15) is 4.36 Å². The van der Waals surface area contributed by atoms with E-state index >= 15 is 0 Å². The summed E-state index contributed by atoms with van der Waals surface area (Å²) in [6.07, 6.45) is 3.20. The summed E-state index contributed by atoms with van der Waals surface area (Å²) in [6, 6.07) is 7.15. The van der Waals surface area contributed by atoms with Crippen molar-refractivity contribution < 1.29 is 4.21 Å². The molecule has 1 rings (SSSR count). The van der Waals surface area contributed by atoms with Crippen molar-refractivity contribution in [1.29, 1.82) is 0 Å². The molecule has 4 heteroatoms. The van der Waals surface area contributed by atoms with Gasteiger partial charge in [0.2, 0.25) is 0 Å². The summed E-state index contributed by atoms with van der Waals surface area (Å²) in [5.41, 5.74) is 0.893. The molecule has 70 valence electrons. The van der Waals surface area contributed by atoms with E-state index in [9.17, 15) is 4.21 Å². The summed E-state index contributed by atoms with van der Waals surface area (Å²) in [6.45, 7) is 0. The lowest BCUT2D eigenvalue weighted by atomic mass is 10.2. The van der Waals surface area contributed by atoms with E-state index in [1.54, 1.807) is 18.2 Å². The van der Waals surface area contributed by atoms with Crippen LogP contribution in [-0.4, -0.2) is 10.5 Å². The van der Waals surface area contributed by atoms with Crippen LogP contribution in [0.1, 0.15) is 5.56 Å². The van der Waals surface area contributed by atoms with Gasteiger partial charge in [-0.3, -0.25) is 4.21 Å². The van der Waals surface area contributed by atoms with Crippen LogP contribution in [0, 0.1) is 0 Å². The summed E-state index contributed by atoms with van der Waals surface area (Å²) < 4.78 is 11.2. The van der Waals surface area contributed by atoms with E-state index in [-0.39, 0.29) is 0 Å². The SMILES string of the molecule is CS(=O)/C(Cl)=C/c1ccc(Cl)cc1. The minimum absolute atomic E-state index is 0.335. The summed E-state index contributed by atoms with van der Waals surface area (Å²) in [4.78, 5) is 0. The molecule has 0 heterocycles. The predicted molar refractivity (Wildman–Crippen MR) is 59.3 cm³/mol. The molecule has 1 aromatic rings. The molecule has 1 atom stereocenters. The van der Waals surface area contributed by atoms with Gasteiger partial charge in [0.15, 0.2) is 0 Å². The van der Waals surface area contributed by atoms with Crippen molar-refractivity contribution in [2.24, 2.45) is 0 Å². The fourth-order valence-corrected chi connectivity index (χ4v) is 1.33. The van der Waals surface area contributed by atoms with Crippen LogP contribution in [-0.2, 0) is 10.8 Å². The van der Waals surface area contributed by atoms with Crippen molar-refractivity contribution in [1.82, 2.24) is 0 Å². The Kier molecular flexibility index (Phi) is 3.97. The Morgan fingerprint density at radius 2 is 1.92 bits per heavy atom. The van der Waals surface area contributed by atoms with E-state index in [0.29, 0.717) is 9.39 Å². The van der Waals surface area contributed by atoms with E-state index in [4.69, 9.17) is 23.2 Å². The maximum Gasteiger partial charge on any atom is 0.105 e. The number of hydrogen-bond donors (Lipinski definition) is 0. The van der Waals surface area contributed by atoms with Crippen LogP contribution in [0.4, 0.5) is 0 Å². The average molecular weight is 235 g/mol. The van der Waals surface area contributed by atoms with Gasteiger partial charge in [-0.05, 0) is 23.8 Å². The monoisotopic (exact) mass is 234 g/mol. The lowest BCUT2D eigenvalue weighted by Gasteiger charge is -1.95. The Hall–Kier alpha value is -0.310. The molecule has 0 aliphatic heterocycles. The average Bonchev–Trinajstić information content (AvgIpc) is 2.08. The van der Waals surface area contributed by atoms with Gasteiger partial charge in [-0.15, -0.1) is 0 Å². The standard InChI is InChI=1S/C9H8Cl2OS/c1-13(12)9(11)6-7-2-4-8(10)5-3-7/h2-6H,1H3/b9-6+. The first-order valence-corrected chi connectivity index (χ1v) is 5.87. The number of rotatable bonds is 2. The highest BCUT2D eigenvalue weighted by Crippen LogP contribution is 2.15. The van der Waals surface area contributed by atoms with Crippen molar-refractivity contribution in [3.05, 3.63) is 39.2 Å². The third-order valence-corrected chi connectivity index (χ3v) is 3.10. The molecule has 0 N–H and O–H groups in total. The Labute approximate surface area is 89.8 Å². The minimum atomic E-state index is -1.12. The molecular formula is C9H8Cl2OS. The summed E-state index contributed by atoms with van der Waals surface area (Å²) in [5, 5.41) is 0.672. The second-order valence-corrected chi connectivity index (χ2v) is 4.87. The number of benzene rings is 1. The zero-order chi connectivity index (χ0) is 9.84. The maximum absolute atomic E-state index is 10.9. The molecule has 0 spiro atoms. The van der Waals surface area contributed by atoms with Crippen molar-refractivity contribution in [3.63, 3.8) is 0 Å². The molecule has 0 amide bonds. The molecule has 0 aliphatic rings. The van der Waals surface area contributed by atoms with E-state index in [0.717, 1.165) is 5.56 Å². The van der Waals surface area contributed by atoms with Crippen molar-refractivity contribution in [3.8, 4) is 0 Å². The first-order valence-electron chi connectivity index (χ1n) is 3.56. The van der Waals surface area contributed by atoms with Crippen LogP contribution in [0.5, 0.6) is 0 Å². The highest BCUT2D eigenvalue weighted by Gasteiger charge is 1.97. The summed E-state index contributed by atoms with van der Waals surface area (Å²) in [5.74, 6) is 0. The molecule has 0 fully saturated rings. The quantitative estimate of drug-likeness (QED) is 0.768.